The van der Waals surface area contributed by atoms with E-state index in [2.05, 4.69) is 0 Å². The molecule has 0 unspecified atom stereocenters. The second-order valence-electron chi connectivity index (χ2n) is 1.56. The molecule has 0 rings (SSSR count). The molecule has 76 valence electrons. The van der Waals surface area contributed by atoms with Crippen LogP contribution in [-0.2, 0) is 20.0 Å². The van der Waals surface area contributed by atoms with Crippen LogP contribution in [0.25, 0.3) is 4.13 Å². The quantitative estimate of drug-likeness (QED) is 0.293. The van der Waals surface area contributed by atoms with Crippen molar-refractivity contribution in [1.29, 1.82) is 5.26 Å². The monoisotopic (exact) mass is 244 g/mol. The van der Waals surface area contributed by atoms with Crippen LogP contribution in [0.15, 0.2) is 0 Å². The Labute approximate surface area is 89.4 Å². The van der Waals surface area contributed by atoms with Crippen LogP contribution in [0.5, 0.6) is 0 Å². The van der Waals surface area contributed by atoms with E-state index in [0.717, 1.165) is 0 Å². The molecule has 0 N–H and O–H groups in total. The van der Waals surface area contributed by atoms with Gasteiger partial charge in [0.15, 0.2) is 25.4 Å². The van der Waals surface area contributed by atoms with Gasteiger partial charge in [0.1, 0.15) is 0 Å². The van der Waals surface area contributed by atoms with Crippen LogP contribution < -0.4 is 18.9 Å². The van der Waals surface area contributed by atoms with Gasteiger partial charge in [-0.1, -0.05) is 0 Å². The van der Waals surface area contributed by atoms with E-state index in [9.17, 15) is 30.0 Å². The Bertz CT molecular complexity index is 430. The van der Waals surface area contributed by atoms with Gasteiger partial charge in [-0.3, -0.25) is 0 Å². The first kappa shape index (κ1) is 16.2. The Morgan fingerprint density at radius 1 is 1.14 bits per heavy atom. The van der Waals surface area contributed by atoms with E-state index in [1.807, 2.05) is 0 Å². The Morgan fingerprint density at radius 2 is 1.50 bits per heavy atom. The predicted molar refractivity (Wildman–Crippen MR) is 32.9 cm³/mol. The van der Waals surface area contributed by atoms with E-state index in [1.54, 1.807) is 0 Å². The maximum atomic E-state index is 11.4. The first-order valence-corrected chi connectivity index (χ1v) is 5.11. The fourth-order valence-corrected chi connectivity index (χ4v) is 1.69. The first-order valence-electron chi connectivity index (χ1n) is 2.23. The number of rotatable bonds is 2. The summed E-state index contributed by atoms with van der Waals surface area (Å²) in [6, 6.07) is 0. The zero-order chi connectivity index (χ0) is 10.9. The van der Waals surface area contributed by atoms with Gasteiger partial charge in [-0.15, -0.1) is 0 Å². The summed E-state index contributed by atoms with van der Waals surface area (Å²) >= 11 is 0. The van der Waals surface area contributed by atoms with E-state index in [1.165, 1.54) is 4.13 Å². The molecule has 0 saturated heterocycles. The molecule has 0 aliphatic heterocycles. The number of nitrogens with zero attached hydrogens (tertiary/aromatic N) is 2. The maximum Gasteiger partial charge on any atom is 1.00 e. The minimum absolute atomic E-state index is 0. The SMILES string of the molecule is N#CS(=O)(=O)[N-]S(=O)(=O)C(F)(F)F.[Li+]. The van der Waals surface area contributed by atoms with Gasteiger partial charge in [0.25, 0.3) is 0 Å². The Kier molecular flexibility index (Phi) is 5.21. The standard InChI is InChI=1S/C2F3N2O4S2.Li/c3-2(4,5)13(10,11)7-12(8,9)1-6;/q-1;+1. The Balaban J connectivity index is 0. The van der Waals surface area contributed by atoms with Gasteiger partial charge >= 0.3 is 24.4 Å². The molecule has 0 aromatic heterocycles. The summed E-state index contributed by atoms with van der Waals surface area (Å²) in [6.45, 7) is 0. The summed E-state index contributed by atoms with van der Waals surface area (Å²) in [6.07, 6.45) is 0. The molecule has 0 aliphatic rings. The normalized spacial score (nSPS) is 12.7. The van der Waals surface area contributed by atoms with E-state index in [4.69, 9.17) is 5.26 Å². The topological polar surface area (TPSA) is 106 Å². The molecule has 0 radical (unpaired) electrons. The number of hydrogen-bond acceptors (Lipinski definition) is 5. The fourth-order valence-electron chi connectivity index (χ4n) is 0.188. The number of alkyl halides is 3. The van der Waals surface area contributed by atoms with Gasteiger partial charge in [-0.2, -0.15) is 18.4 Å². The summed E-state index contributed by atoms with van der Waals surface area (Å²) in [5, 5.41) is 7.96. The van der Waals surface area contributed by atoms with Crippen molar-refractivity contribution in [3.63, 3.8) is 0 Å². The third kappa shape index (κ3) is 4.30. The van der Waals surface area contributed by atoms with Crippen LogP contribution >= 0.6 is 0 Å². The molecule has 0 atom stereocenters. The van der Waals surface area contributed by atoms with E-state index in [-0.39, 0.29) is 18.9 Å². The van der Waals surface area contributed by atoms with E-state index < -0.39 is 25.6 Å². The molecule has 14 heavy (non-hydrogen) atoms. The van der Waals surface area contributed by atoms with Crippen molar-refractivity contribution in [2.75, 3.05) is 0 Å². The van der Waals surface area contributed by atoms with Crippen LogP contribution in [0, 0.1) is 10.7 Å². The van der Waals surface area contributed by atoms with Crippen molar-refractivity contribution in [2.24, 2.45) is 0 Å². The van der Waals surface area contributed by atoms with Gasteiger partial charge in [-0.05, 0) is 0 Å². The molecule has 0 bridgehead atoms. The van der Waals surface area contributed by atoms with Crippen molar-refractivity contribution >= 4 is 20.0 Å². The molecule has 0 saturated carbocycles. The van der Waals surface area contributed by atoms with Crippen LogP contribution in [0.4, 0.5) is 13.2 Å². The summed E-state index contributed by atoms with van der Waals surface area (Å²) in [5.74, 6) is 0. The van der Waals surface area contributed by atoms with Gasteiger partial charge in [0.2, 0.25) is 0 Å². The van der Waals surface area contributed by atoms with Crippen molar-refractivity contribution in [2.45, 2.75) is 5.51 Å². The molecule has 0 aromatic rings. The smallest absolute Gasteiger partial charge is 0.415 e. The first-order chi connectivity index (χ1) is 5.52. The number of halogens is 3. The number of hydrogen-bond donors (Lipinski definition) is 0. The van der Waals surface area contributed by atoms with Crippen molar-refractivity contribution in [3.8, 4) is 5.40 Å². The second-order valence-corrected chi connectivity index (χ2v) is 4.70. The van der Waals surface area contributed by atoms with Crippen LogP contribution in [0.3, 0.4) is 0 Å². The fraction of sp³-hybridized carbons (Fsp3) is 0.500. The summed E-state index contributed by atoms with van der Waals surface area (Å²) in [7, 11) is -11.4. The molecule has 0 aromatic carbocycles. The molecule has 6 nitrogen and oxygen atoms in total. The number of nitriles is 1. The van der Waals surface area contributed by atoms with Gasteiger partial charge in [0, 0.05) is 0 Å². The average Bonchev–Trinajstić information content (AvgIpc) is 1.83. The minimum Gasteiger partial charge on any atom is -0.415 e. The van der Waals surface area contributed by atoms with Gasteiger partial charge in [0.05, 0.1) is 0 Å². The number of sulfonamides is 2. The van der Waals surface area contributed by atoms with Crippen molar-refractivity contribution in [1.82, 2.24) is 0 Å². The Hall–Kier alpha value is -0.263. The third-order valence-electron chi connectivity index (χ3n) is 0.604. The molecular formula is C2F3LiN2O4S2. The molecule has 0 heterocycles. The Morgan fingerprint density at radius 3 is 1.71 bits per heavy atom. The zero-order valence-corrected chi connectivity index (χ0v) is 8.11. The van der Waals surface area contributed by atoms with Crippen LogP contribution in [0.2, 0.25) is 0 Å². The van der Waals surface area contributed by atoms with Gasteiger partial charge in [-0.25, -0.2) is 16.8 Å². The maximum absolute atomic E-state index is 11.4. The molecule has 0 amide bonds. The molecule has 12 heteroatoms. The summed E-state index contributed by atoms with van der Waals surface area (Å²) < 4.78 is 75.8. The second kappa shape index (κ2) is 4.50. The predicted octanol–water partition coefficient (Wildman–Crippen LogP) is -2.98. The molecule has 0 fully saturated rings. The molecule has 0 spiro atoms. The third-order valence-corrected chi connectivity index (χ3v) is 2.99. The van der Waals surface area contributed by atoms with Crippen LogP contribution in [0.1, 0.15) is 0 Å². The van der Waals surface area contributed by atoms with E-state index >= 15 is 0 Å². The van der Waals surface area contributed by atoms with Gasteiger partial charge < -0.3 is 4.13 Å². The largest absolute Gasteiger partial charge is 1.00 e. The summed E-state index contributed by atoms with van der Waals surface area (Å²) in [5.41, 5.74) is -5.82. The zero-order valence-electron chi connectivity index (χ0n) is 6.48. The molecular weight excluding hydrogens is 244 g/mol. The summed E-state index contributed by atoms with van der Waals surface area (Å²) in [4.78, 5) is 0. The molecule has 0 aliphatic carbocycles. The number of thiocyanates is 1. The minimum atomic E-state index is -6.15. The van der Waals surface area contributed by atoms with Crippen molar-refractivity contribution in [3.05, 3.63) is 4.13 Å². The average molecular weight is 244 g/mol. The van der Waals surface area contributed by atoms with Crippen molar-refractivity contribution < 1.29 is 48.9 Å². The van der Waals surface area contributed by atoms with Crippen LogP contribution in [-0.4, -0.2) is 22.3 Å². The van der Waals surface area contributed by atoms with E-state index in [0.29, 0.717) is 5.40 Å².